The van der Waals surface area contributed by atoms with E-state index in [0.717, 1.165) is 0 Å². The zero-order chi connectivity index (χ0) is 15.2. The Morgan fingerprint density at radius 2 is 1.90 bits per heavy atom. The molecule has 1 rings (SSSR count). The van der Waals surface area contributed by atoms with Crippen LogP contribution in [0.15, 0.2) is 0 Å². The van der Waals surface area contributed by atoms with Crippen LogP contribution < -0.4 is 5.32 Å². The first-order chi connectivity index (χ1) is 9.29. The Kier molecular flexibility index (Phi) is 6.21. The summed E-state index contributed by atoms with van der Waals surface area (Å²) in [5.74, 6) is -3.15. The number of alkyl halides is 3. The van der Waals surface area contributed by atoms with Crippen LogP contribution in [0.1, 0.15) is 12.8 Å². The van der Waals surface area contributed by atoms with E-state index >= 15 is 0 Å². The summed E-state index contributed by atoms with van der Waals surface area (Å²) < 4.78 is 41.8. The van der Waals surface area contributed by atoms with Gasteiger partial charge in [-0.3, -0.25) is 14.5 Å². The molecule has 20 heavy (non-hydrogen) atoms. The fourth-order valence-corrected chi connectivity index (χ4v) is 1.87. The zero-order valence-corrected chi connectivity index (χ0v) is 10.8. The number of hydrogen-bond donors (Lipinski definition) is 2. The van der Waals surface area contributed by atoms with Gasteiger partial charge in [-0.1, -0.05) is 0 Å². The minimum Gasteiger partial charge on any atom is -0.481 e. The van der Waals surface area contributed by atoms with Crippen molar-refractivity contribution in [3.63, 3.8) is 0 Å². The quantitative estimate of drug-likeness (QED) is 0.734. The average molecular weight is 298 g/mol. The molecule has 1 unspecified atom stereocenters. The molecule has 0 spiro atoms. The lowest BCUT2D eigenvalue weighted by atomic mass is 10.1. The Bertz CT molecular complexity index is 343. The summed E-state index contributed by atoms with van der Waals surface area (Å²) in [6.07, 6.45) is -5.31. The summed E-state index contributed by atoms with van der Waals surface area (Å²) in [5, 5.41) is 10.4. The van der Waals surface area contributed by atoms with Crippen LogP contribution in [0.3, 0.4) is 0 Å². The van der Waals surface area contributed by atoms with Crippen LogP contribution in [0.5, 0.6) is 0 Å². The van der Waals surface area contributed by atoms with Crippen molar-refractivity contribution in [3.8, 4) is 0 Å². The van der Waals surface area contributed by atoms with Gasteiger partial charge in [0.15, 0.2) is 0 Å². The fourth-order valence-electron chi connectivity index (χ4n) is 1.87. The van der Waals surface area contributed by atoms with Crippen LogP contribution in [0.2, 0.25) is 0 Å². The molecule has 1 fully saturated rings. The van der Waals surface area contributed by atoms with Gasteiger partial charge in [0, 0.05) is 32.1 Å². The van der Waals surface area contributed by atoms with E-state index in [0.29, 0.717) is 26.3 Å². The highest BCUT2D eigenvalue weighted by atomic mass is 19.4. The van der Waals surface area contributed by atoms with Gasteiger partial charge in [-0.05, 0) is 6.42 Å². The minimum atomic E-state index is -4.97. The smallest absolute Gasteiger partial charge is 0.471 e. The summed E-state index contributed by atoms with van der Waals surface area (Å²) in [7, 11) is 0. The van der Waals surface area contributed by atoms with E-state index in [1.807, 2.05) is 10.2 Å². The van der Waals surface area contributed by atoms with Gasteiger partial charge in [-0.15, -0.1) is 0 Å². The van der Waals surface area contributed by atoms with E-state index in [9.17, 15) is 22.8 Å². The number of carbonyl (C=O) groups excluding carboxylic acids is 1. The first-order valence-electron chi connectivity index (χ1n) is 6.18. The number of nitrogens with zero attached hydrogens (tertiary/aromatic N) is 1. The third-order valence-corrected chi connectivity index (χ3v) is 2.88. The number of amides is 1. The lowest BCUT2D eigenvalue weighted by Crippen LogP contribution is -2.50. The molecule has 1 atom stereocenters. The largest absolute Gasteiger partial charge is 0.481 e. The van der Waals surface area contributed by atoms with E-state index in [1.165, 1.54) is 0 Å². The molecule has 0 bridgehead atoms. The minimum absolute atomic E-state index is 0.0471. The number of aliphatic carboxylic acids is 1. The van der Waals surface area contributed by atoms with Crippen molar-refractivity contribution in [2.45, 2.75) is 25.1 Å². The van der Waals surface area contributed by atoms with Crippen LogP contribution >= 0.6 is 0 Å². The van der Waals surface area contributed by atoms with Crippen molar-refractivity contribution in [2.75, 3.05) is 32.8 Å². The molecule has 1 aliphatic heterocycles. The third-order valence-electron chi connectivity index (χ3n) is 2.88. The number of rotatable bonds is 6. The molecule has 0 saturated carbocycles. The number of hydrogen-bond acceptors (Lipinski definition) is 4. The normalized spacial score (nSPS) is 18.6. The van der Waals surface area contributed by atoms with Crippen molar-refractivity contribution in [3.05, 3.63) is 0 Å². The Morgan fingerprint density at radius 3 is 2.40 bits per heavy atom. The van der Waals surface area contributed by atoms with Crippen molar-refractivity contribution in [2.24, 2.45) is 0 Å². The molecule has 0 aromatic heterocycles. The van der Waals surface area contributed by atoms with Gasteiger partial charge in [0.1, 0.15) is 0 Å². The molecule has 0 aromatic rings. The summed E-state index contributed by atoms with van der Waals surface area (Å²) in [6, 6.07) is -0.849. The third kappa shape index (κ3) is 6.20. The second kappa shape index (κ2) is 7.44. The Morgan fingerprint density at radius 1 is 1.30 bits per heavy atom. The van der Waals surface area contributed by atoms with Gasteiger partial charge >= 0.3 is 18.1 Å². The monoisotopic (exact) mass is 298 g/mol. The molecular formula is C11H17F3N2O4. The molecule has 9 heteroatoms. The number of nitrogens with one attached hydrogen (secondary N) is 1. The van der Waals surface area contributed by atoms with Gasteiger partial charge < -0.3 is 15.2 Å². The van der Waals surface area contributed by atoms with Crippen molar-refractivity contribution < 1.29 is 32.6 Å². The first-order valence-corrected chi connectivity index (χ1v) is 6.18. The molecule has 1 aliphatic rings. The zero-order valence-electron chi connectivity index (χ0n) is 10.8. The number of carboxylic acids is 1. The molecule has 116 valence electrons. The fraction of sp³-hybridized carbons (Fsp3) is 0.818. The van der Waals surface area contributed by atoms with Gasteiger partial charge in [0.25, 0.3) is 0 Å². The highest BCUT2D eigenvalue weighted by molar-refractivity contribution is 5.82. The van der Waals surface area contributed by atoms with Crippen LogP contribution in [0, 0.1) is 0 Å². The van der Waals surface area contributed by atoms with Crippen molar-refractivity contribution >= 4 is 11.9 Å². The van der Waals surface area contributed by atoms with Gasteiger partial charge in [0.2, 0.25) is 0 Å². The van der Waals surface area contributed by atoms with E-state index in [-0.39, 0.29) is 19.4 Å². The van der Waals surface area contributed by atoms with Crippen molar-refractivity contribution in [1.29, 1.82) is 0 Å². The second-order valence-electron chi connectivity index (χ2n) is 4.51. The summed E-state index contributed by atoms with van der Waals surface area (Å²) in [4.78, 5) is 23.3. The van der Waals surface area contributed by atoms with Gasteiger partial charge in [-0.25, -0.2) is 0 Å². The van der Waals surface area contributed by atoms with E-state index in [2.05, 4.69) is 0 Å². The van der Waals surface area contributed by atoms with Crippen LogP contribution in [-0.2, 0) is 14.3 Å². The Balaban J connectivity index is 2.54. The summed E-state index contributed by atoms with van der Waals surface area (Å²) in [6.45, 7) is 2.22. The molecule has 6 nitrogen and oxygen atoms in total. The lowest BCUT2D eigenvalue weighted by molar-refractivity contribution is -0.174. The van der Waals surface area contributed by atoms with Crippen LogP contribution in [0.25, 0.3) is 0 Å². The SMILES string of the molecule is O=C(O)CCC(CN1CCOCC1)NC(=O)C(F)(F)F. The number of carboxylic acid groups (broad SMARTS) is 1. The molecule has 1 saturated heterocycles. The molecule has 0 aliphatic carbocycles. The maximum Gasteiger partial charge on any atom is 0.471 e. The number of carbonyl (C=O) groups is 2. The van der Waals surface area contributed by atoms with Crippen LogP contribution in [-0.4, -0.2) is 66.9 Å². The molecule has 0 radical (unpaired) electrons. The lowest BCUT2D eigenvalue weighted by Gasteiger charge is -2.30. The van der Waals surface area contributed by atoms with Crippen molar-refractivity contribution in [1.82, 2.24) is 10.2 Å². The Hall–Kier alpha value is -1.35. The second-order valence-corrected chi connectivity index (χ2v) is 4.51. The molecule has 1 heterocycles. The molecule has 1 amide bonds. The van der Waals surface area contributed by atoms with E-state index in [4.69, 9.17) is 9.84 Å². The molecule has 0 aromatic carbocycles. The maximum atomic E-state index is 12.2. The number of ether oxygens (including phenoxy) is 1. The van der Waals surface area contributed by atoms with Crippen LogP contribution in [0.4, 0.5) is 13.2 Å². The van der Waals surface area contributed by atoms with E-state index in [1.54, 1.807) is 0 Å². The van der Waals surface area contributed by atoms with Gasteiger partial charge in [-0.2, -0.15) is 13.2 Å². The first kappa shape index (κ1) is 16.7. The molecule has 2 N–H and O–H groups in total. The predicted molar refractivity (Wildman–Crippen MR) is 62.1 cm³/mol. The highest BCUT2D eigenvalue weighted by Gasteiger charge is 2.39. The topological polar surface area (TPSA) is 78.9 Å². The predicted octanol–water partition coefficient (Wildman–Crippen LogP) is 0.230. The number of morpholine rings is 1. The highest BCUT2D eigenvalue weighted by Crippen LogP contribution is 2.15. The summed E-state index contributed by atoms with van der Waals surface area (Å²) >= 11 is 0. The maximum absolute atomic E-state index is 12.2. The molecular weight excluding hydrogens is 281 g/mol. The Labute approximate surface area is 113 Å². The van der Waals surface area contributed by atoms with Gasteiger partial charge in [0.05, 0.1) is 13.2 Å². The van der Waals surface area contributed by atoms with E-state index < -0.39 is 24.1 Å². The standard InChI is InChI=1S/C11H17F3N2O4/c12-11(13,14)10(19)15-8(1-2-9(17)18)7-16-3-5-20-6-4-16/h8H,1-7H2,(H,15,19)(H,17,18). The summed E-state index contributed by atoms with van der Waals surface area (Å²) in [5.41, 5.74) is 0. The number of halogens is 3. The average Bonchev–Trinajstić information content (AvgIpc) is 2.36.